The van der Waals surface area contributed by atoms with E-state index in [4.69, 9.17) is 11.2 Å². The molecule has 0 radical (unpaired) electrons. The van der Waals surface area contributed by atoms with Crippen molar-refractivity contribution in [2.24, 2.45) is 5.92 Å². The summed E-state index contributed by atoms with van der Waals surface area (Å²) in [6.07, 6.45) is 6.65. The van der Waals surface area contributed by atoms with Crippen LogP contribution in [0.2, 0.25) is 0 Å². The van der Waals surface area contributed by atoms with E-state index >= 15 is 0 Å². The highest BCUT2D eigenvalue weighted by molar-refractivity contribution is 5.81. The fraction of sp³-hybridized carbons (Fsp3) is 0.667. The molecule has 90 valence electrons. The van der Waals surface area contributed by atoms with Crippen molar-refractivity contribution in [2.75, 3.05) is 13.2 Å². The van der Waals surface area contributed by atoms with Gasteiger partial charge >= 0.3 is 5.97 Å². The number of ether oxygens (including phenoxy) is 1. The maximum atomic E-state index is 11.2. The molecule has 0 fully saturated rings. The zero-order valence-corrected chi connectivity index (χ0v) is 9.91. The molecule has 0 aliphatic heterocycles. The van der Waals surface area contributed by atoms with Crippen LogP contribution in [0.1, 0.15) is 33.1 Å². The highest BCUT2D eigenvalue weighted by Crippen LogP contribution is 2.02. The van der Waals surface area contributed by atoms with Crippen LogP contribution in [0.15, 0.2) is 0 Å². The molecule has 0 aromatic rings. The third kappa shape index (κ3) is 9.07. The Morgan fingerprint density at radius 3 is 2.69 bits per heavy atom. The minimum atomic E-state index is -0.451. The van der Waals surface area contributed by atoms with Gasteiger partial charge in [-0.15, -0.1) is 12.3 Å². The predicted octanol–water partition coefficient (Wildman–Crippen LogP) is 1.11. The normalized spacial score (nSPS) is 9.62. The van der Waals surface area contributed by atoms with Crippen LogP contribution in [0.4, 0.5) is 0 Å². The molecule has 0 bridgehead atoms. The van der Waals surface area contributed by atoms with Crippen molar-refractivity contribution < 1.29 is 14.3 Å². The first-order chi connectivity index (χ1) is 7.56. The van der Waals surface area contributed by atoms with Gasteiger partial charge in [-0.1, -0.05) is 13.8 Å². The molecule has 4 nitrogen and oxygen atoms in total. The molecule has 0 aliphatic carbocycles. The highest BCUT2D eigenvalue weighted by atomic mass is 16.5. The summed E-state index contributed by atoms with van der Waals surface area (Å²) < 4.78 is 4.76. The molecule has 1 N–H and O–H groups in total. The fourth-order valence-electron chi connectivity index (χ4n) is 0.954. The van der Waals surface area contributed by atoms with Gasteiger partial charge in [-0.25, -0.2) is 0 Å². The van der Waals surface area contributed by atoms with E-state index in [-0.39, 0.29) is 19.1 Å². The molecule has 16 heavy (non-hydrogen) atoms. The maximum absolute atomic E-state index is 11.2. The summed E-state index contributed by atoms with van der Waals surface area (Å²) in [7, 11) is 0. The smallest absolute Gasteiger partial charge is 0.325 e. The van der Waals surface area contributed by atoms with Gasteiger partial charge in [0.05, 0.1) is 0 Å². The van der Waals surface area contributed by atoms with Gasteiger partial charge in [0.2, 0.25) is 5.91 Å². The molecule has 0 saturated heterocycles. The Labute approximate surface area is 96.7 Å². The number of carbonyl (C=O) groups is 2. The molecule has 1 amide bonds. The van der Waals surface area contributed by atoms with E-state index in [1.54, 1.807) is 0 Å². The third-order valence-corrected chi connectivity index (χ3v) is 1.89. The van der Waals surface area contributed by atoms with Crippen molar-refractivity contribution in [2.45, 2.75) is 33.1 Å². The van der Waals surface area contributed by atoms with E-state index in [1.165, 1.54) is 0 Å². The molecule has 4 heteroatoms. The minimum absolute atomic E-state index is 0.0818. The molecule has 0 aromatic carbocycles. The molecule has 0 spiro atoms. The summed E-state index contributed by atoms with van der Waals surface area (Å²) in [4.78, 5) is 22.3. The zero-order chi connectivity index (χ0) is 12.4. The van der Waals surface area contributed by atoms with Crippen molar-refractivity contribution >= 4 is 11.9 Å². The van der Waals surface area contributed by atoms with Gasteiger partial charge in [-0.2, -0.15) is 0 Å². The number of esters is 1. The number of hydrogen-bond donors (Lipinski definition) is 1. The Balaban J connectivity index is 3.52. The second-order valence-corrected chi connectivity index (χ2v) is 3.88. The van der Waals surface area contributed by atoms with Crippen molar-refractivity contribution in [1.82, 2.24) is 5.32 Å². The Morgan fingerprint density at radius 2 is 2.12 bits per heavy atom. The summed E-state index contributed by atoms with van der Waals surface area (Å²) in [5.74, 6) is 2.26. The highest BCUT2D eigenvalue weighted by Gasteiger charge is 2.06. The quantitative estimate of drug-likeness (QED) is 0.401. The molecular weight excluding hydrogens is 206 g/mol. The van der Waals surface area contributed by atoms with Gasteiger partial charge in [0.15, 0.2) is 0 Å². The summed E-state index contributed by atoms with van der Waals surface area (Å²) in [5.41, 5.74) is 0. The van der Waals surface area contributed by atoms with Gasteiger partial charge in [-0.05, 0) is 12.3 Å². The molecule has 0 rings (SSSR count). The van der Waals surface area contributed by atoms with Gasteiger partial charge in [0.25, 0.3) is 0 Å². The Kier molecular flexibility index (Phi) is 7.96. The number of rotatable bonds is 7. The number of carbonyl (C=O) groups excluding carboxylic acids is 2. The van der Waals surface area contributed by atoms with E-state index in [2.05, 4.69) is 11.2 Å². The average molecular weight is 225 g/mol. The molecule has 0 unspecified atom stereocenters. The van der Waals surface area contributed by atoms with Crippen LogP contribution < -0.4 is 5.32 Å². The summed E-state index contributed by atoms with van der Waals surface area (Å²) in [6, 6.07) is 0. The number of amides is 1. The lowest BCUT2D eigenvalue weighted by molar-refractivity contribution is -0.143. The van der Waals surface area contributed by atoms with Crippen LogP contribution >= 0.6 is 0 Å². The van der Waals surface area contributed by atoms with Crippen molar-refractivity contribution in [3.05, 3.63) is 0 Å². The van der Waals surface area contributed by atoms with Gasteiger partial charge in [-0.3, -0.25) is 9.59 Å². The Bertz CT molecular complexity index is 266. The van der Waals surface area contributed by atoms with Crippen LogP contribution in [-0.4, -0.2) is 25.0 Å². The van der Waals surface area contributed by atoms with Gasteiger partial charge < -0.3 is 10.1 Å². The zero-order valence-electron chi connectivity index (χ0n) is 9.91. The first-order valence-electron chi connectivity index (χ1n) is 5.42. The minimum Gasteiger partial charge on any atom is -0.463 e. The van der Waals surface area contributed by atoms with E-state index in [0.717, 1.165) is 6.42 Å². The van der Waals surface area contributed by atoms with E-state index in [0.29, 0.717) is 18.8 Å². The molecule has 0 aromatic heterocycles. The monoisotopic (exact) mass is 225 g/mol. The second kappa shape index (κ2) is 8.78. The largest absolute Gasteiger partial charge is 0.463 e. The second-order valence-electron chi connectivity index (χ2n) is 3.88. The maximum Gasteiger partial charge on any atom is 0.325 e. The topological polar surface area (TPSA) is 55.4 Å². The number of terminal acetylenes is 1. The fourth-order valence-corrected chi connectivity index (χ4v) is 0.954. The molecule has 0 atom stereocenters. The van der Waals surface area contributed by atoms with E-state index < -0.39 is 5.97 Å². The number of hydrogen-bond acceptors (Lipinski definition) is 3. The lowest BCUT2D eigenvalue weighted by Crippen LogP contribution is -2.30. The average Bonchev–Trinajstić information content (AvgIpc) is 2.24. The van der Waals surface area contributed by atoms with Crippen molar-refractivity contribution in [3.8, 4) is 12.3 Å². The van der Waals surface area contributed by atoms with Crippen LogP contribution in [0.5, 0.6) is 0 Å². The predicted molar refractivity (Wildman–Crippen MR) is 61.5 cm³/mol. The Morgan fingerprint density at radius 1 is 1.44 bits per heavy atom. The van der Waals surface area contributed by atoms with Crippen LogP contribution in [0, 0.1) is 18.3 Å². The molecular formula is C12H19NO3. The van der Waals surface area contributed by atoms with Crippen molar-refractivity contribution in [1.29, 1.82) is 0 Å². The van der Waals surface area contributed by atoms with Crippen LogP contribution in [-0.2, 0) is 14.3 Å². The summed E-state index contributed by atoms with van der Waals surface area (Å²) in [5, 5.41) is 2.50. The standard InChI is InChI=1S/C12H19NO3/c1-4-5-8-16-12(15)9-13-11(14)7-6-10(2)3/h1,10H,5-9H2,2-3H3,(H,13,14). The molecule has 0 saturated carbocycles. The lowest BCUT2D eigenvalue weighted by atomic mass is 10.1. The third-order valence-electron chi connectivity index (χ3n) is 1.89. The first-order valence-corrected chi connectivity index (χ1v) is 5.42. The SMILES string of the molecule is C#CCCOC(=O)CNC(=O)CCC(C)C. The molecule has 0 aliphatic rings. The number of nitrogens with one attached hydrogen (secondary N) is 1. The Hall–Kier alpha value is -1.50. The summed E-state index contributed by atoms with van der Waals surface area (Å²) in [6.45, 7) is 4.21. The van der Waals surface area contributed by atoms with E-state index in [9.17, 15) is 9.59 Å². The van der Waals surface area contributed by atoms with Crippen LogP contribution in [0.3, 0.4) is 0 Å². The molecule has 0 heterocycles. The lowest BCUT2D eigenvalue weighted by Gasteiger charge is -2.06. The van der Waals surface area contributed by atoms with Gasteiger partial charge in [0, 0.05) is 12.8 Å². The first kappa shape index (κ1) is 14.5. The van der Waals surface area contributed by atoms with Gasteiger partial charge in [0.1, 0.15) is 13.2 Å². The van der Waals surface area contributed by atoms with E-state index in [1.807, 2.05) is 13.8 Å². The van der Waals surface area contributed by atoms with Crippen LogP contribution in [0.25, 0.3) is 0 Å². The summed E-state index contributed by atoms with van der Waals surface area (Å²) >= 11 is 0. The van der Waals surface area contributed by atoms with Crippen molar-refractivity contribution in [3.63, 3.8) is 0 Å².